The highest BCUT2D eigenvalue weighted by Crippen LogP contribution is 2.02. The van der Waals surface area contributed by atoms with E-state index in [0.717, 1.165) is 6.54 Å². The van der Waals surface area contributed by atoms with Crippen molar-refractivity contribution in [3.05, 3.63) is 0 Å². The predicted molar refractivity (Wildman–Crippen MR) is 43.5 cm³/mol. The van der Waals surface area contributed by atoms with E-state index >= 15 is 0 Å². The number of rotatable bonds is 2. The highest BCUT2D eigenvalue weighted by Gasteiger charge is 2.19. The van der Waals surface area contributed by atoms with Gasteiger partial charge in [0.15, 0.2) is 5.96 Å². The van der Waals surface area contributed by atoms with E-state index in [1.807, 2.05) is 11.9 Å². The van der Waals surface area contributed by atoms with Gasteiger partial charge >= 0.3 is 0 Å². The molecule has 0 aromatic carbocycles. The molecule has 1 aliphatic rings. The Hall–Kier alpha value is -0.870. The van der Waals surface area contributed by atoms with E-state index in [4.69, 9.17) is 0 Å². The first-order chi connectivity index (χ1) is 5.61. The number of aliphatic imine (C=N–C) groups is 1. The number of likely N-dealkylation sites (N-methyl/N-ethyl adjacent to an activating group) is 1. The van der Waals surface area contributed by atoms with Gasteiger partial charge in [-0.25, -0.2) is 8.78 Å². The van der Waals surface area contributed by atoms with E-state index in [2.05, 4.69) is 10.3 Å². The minimum atomic E-state index is -2.35. The summed E-state index contributed by atoms with van der Waals surface area (Å²) in [6, 6.07) is -0.829. The maximum absolute atomic E-state index is 12.1. The molecule has 0 saturated carbocycles. The van der Waals surface area contributed by atoms with Gasteiger partial charge < -0.3 is 10.2 Å². The molecule has 1 aliphatic heterocycles. The Labute approximate surface area is 70.5 Å². The highest BCUT2D eigenvalue weighted by molar-refractivity contribution is 5.81. The van der Waals surface area contributed by atoms with Crippen molar-refractivity contribution in [3.8, 4) is 0 Å². The second kappa shape index (κ2) is 3.69. The smallest absolute Gasteiger partial charge is 0.258 e. The summed E-state index contributed by atoms with van der Waals surface area (Å²) in [5.74, 6) is 0.572. The van der Waals surface area contributed by atoms with E-state index in [1.165, 1.54) is 6.92 Å². The molecule has 0 spiro atoms. The number of guanidine groups is 1. The Morgan fingerprint density at radius 1 is 1.58 bits per heavy atom. The largest absolute Gasteiger partial charge is 0.348 e. The maximum Gasteiger partial charge on any atom is 0.258 e. The first kappa shape index (κ1) is 9.22. The third-order valence-corrected chi connectivity index (χ3v) is 1.79. The Kier molecular flexibility index (Phi) is 2.83. The minimum Gasteiger partial charge on any atom is -0.348 e. The lowest BCUT2D eigenvalue weighted by molar-refractivity contribution is 0.113. The van der Waals surface area contributed by atoms with Crippen LogP contribution in [-0.2, 0) is 0 Å². The lowest BCUT2D eigenvalue weighted by Gasteiger charge is -2.19. The molecule has 0 aromatic rings. The highest BCUT2D eigenvalue weighted by atomic mass is 19.3. The molecule has 1 unspecified atom stereocenters. The minimum absolute atomic E-state index is 0.572. The number of nitrogens with one attached hydrogen (secondary N) is 1. The third-order valence-electron chi connectivity index (χ3n) is 1.79. The van der Waals surface area contributed by atoms with Crippen molar-refractivity contribution >= 4 is 5.96 Å². The molecule has 0 amide bonds. The van der Waals surface area contributed by atoms with Crippen LogP contribution in [0.4, 0.5) is 8.78 Å². The summed E-state index contributed by atoms with van der Waals surface area (Å²) in [6.45, 7) is 2.94. The van der Waals surface area contributed by atoms with Gasteiger partial charge in [0.05, 0.1) is 12.6 Å². The number of halogens is 2. The molecule has 1 rings (SSSR count). The Balaban J connectivity index is 2.40. The Morgan fingerprint density at radius 2 is 2.25 bits per heavy atom. The van der Waals surface area contributed by atoms with Gasteiger partial charge in [-0.05, 0) is 6.92 Å². The van der Waals surface area contributed by atoms with Crippen molar-refractivity contribution in [2.75, 3.05) is 20.1 Å². The molecule has 1 N–H and O–H groups in total. The molecular formula is C7H13F2N3. The second-order valence-corrected chi connectivity index (χ2v) is 2.89. The van der Waals surface area contributed by atoms with Crippen molar-refractivity contribution in [2.45, 2.75) is 19.4 Å². The van der Waals surface area contributed by atoms with Crippen molar-refractivity contribution in [1.29, 1.82) is 0 Å². The molecule has 0 fully saturated rings. The Morgan fingerprint density at radius 3 is 2.67 bits per heavy atom. The van der Waals surface area contributed by atoms with Crippen LogP contribution >= 0.6 is 0 Å². The van der Waals surface area contributed by atoms with Crippen LogP contribution in [0.3, 0.4) is 0 Å². The lowest BCUT2D eigenvalue weighted by atomic mass is 10.3. The summed E-state index contributed by atoms with van der Waals surface area (Å²) < 4.78 is 24.1. The fourth-order valence-electron chi connectivity index (χ4n) is 0.955. The molecule has 0 aromatic heterocycles. The monoisotopic (exact) mass is 177 g/mol. The molecule has 0 saturated heterocycles. The molecule has 3 nitrogen and oxygen atoms in total. The van der Waals surface area contributed by atoms with Gasteiger partial charge in [-0.1, -0.05) is 0 Å². The van der Waals surface area contributed by atoms with Gasteiger partial charge in [-0.15, -0.1) is 0 Å². The molecular weight excluding hydrogens is 164 g/mol. The van der Waals surface area contributed by atoms with Gasteiger partial charge in [-0.3, -0.25) is 4.99 Å². The van der Waals surface area contributed by atoms with Gasteiger partial charge in [0, 0.05) is 13.6 Å². The summed E-state index contributed by atoms with van der Waals surface area (Å²) in [5.41, 5.74) is 0. The fraction of sp³-hybridized carbons (Fsp3) is 0.857. The SMILES string of the molecule is CC(NC1=NCCN1C)C(F)F. The van der Waals surface area contributed by atoms with Gasteiger partial charge in [0.1, 0.15) is 0 Å². The number of hydrogen-bond acceptors (Lipinski definition) is 3. The first-order valence-corrected chi connectivity index (χ1v) is 3.91. The molecule has 12 heavy (non-hydrogen) atoms. The van der Waals surface area contributed by atoms with Crippen LogP contribution in [0.2, 0.25) is 0 Å². The van der Waals surface area contributed by atoms with Gasteiger partial charge in [0.2, 0.25) is 0 Å². The topological polar surface area (TPSA) is 27.6 Å². The van der Waals surface area contributed by atoms with Crippen molar-refractivity contribution in [1.82, 2.24) is 10.2 Å². The molecule has 0 bridgehead atoms. The zero-order valence-electron chi connectivity index (χ0n) is 7.22. The molecule has 1 heterocycles. The molecule has 0 radical (unpaired) electrons. The lowest BCUT2D eigenvalue weighted by Crippen LogP contribution is -2.43. The van der Waals surface area contributed by atoms with Crippen LogP contribution in [0.25, 0.3) is 0 Å². The Bertz CT molecular complexity index is 181. The van der Waals surface area contributed by atoms with Crippen LogP contribution in [-0.4, -0.2) is 43.5 Å². The molecule has 5 heteroatoms. The van der Waals surface area contributed by atoms with Crippen LogP contribution in [0.1, 0.15) is 6.92 Å². The standard InChI is InChI=1S/C7H13F2N3/c1-5(6(8)9)11-7-10-3-4-12(7)2/h5-6H,3-4H2,1-2H3,(H,10,11). The van der Waals surface area contributed by atoms with E-state index in [9.17, 15) is 8.78 Å². The number of hydrogen-bond donors (Lipinski definition) is 1. The summed E-state index contributed by atoms with van der Waals surface area (Å²) in [4.78, 5) is 5.87. The predicted octanol–water partition coefficient (Wildman–Crippen LogP) is 0.531. The quantitative estimate of drug-likeness (QED) is 0.666. The molecule has 0 aliphatic carbocycles. The maximum atomic E-state index is 12.1. The molecule has 70 valence electrons. The van der Waals surface area contributed by atoms with E-state index in [0.29, 0.717) is 12.5 Å². The van der Waals surface area contributed by atoms with Crippen LogP contribution in [0.15, 0.2) is 4.99 Å². The van der Waals surface area contributed by atoms with Crippen LogP contribution < -0.4 is 5.32 Å². The fourth-order valence-corrected chi connectivity index (χ4v) is 0.955. The van der Waals surface area contributed by atoms with Gasteiger partial charge in [-0.2, -0.15) is 0 Å². The van der Waals surface area contributed by atoms with Crippen LogP contribution in [0, 0.1) is 0 Å². The normalized spacial score (nSPS) is 19.8. The summed E-state index contributed by atoms with van der Waals surface area (Å²) in [6.07, 6.45) is -2.35. The average molecular weight is 177 g/mol. The number of alkyl halides is 2. The summed E-state index contributed by atoms with van der Waals surface area (Å²) in [7, 11) is 1.83. The summed E-state index contributed by atoms with van der Waals surface area (Å²) >= 11 is 0. The van der Waals surface area contributed by atoms with Crippen LogP contribution in [0.5, 0.6) is 0 Å². The first-order valence-electron chi connectivity index (χ1n) is 3.91. The zero-order valence-corrected chi connectivity index (χ0v) is 7.22. The van der Waals surface area contributed by atoms with Crippen molar-refractivity contribution < 1.29 is 8.78 Å². The van der Waals surface area contributed by atoms with E-state index < -0.39 is 12.5 Å². The van der Waals surface area contributed by atoms with E-state index in [1.54, 1.807) is 0 Å². The second-order valence-electron chi connectivity index (χ2n) is 2.89. The van der Waals surface area contributed by atoms with E-state index in [-0.39, 0.29) is 0 Å². The van der Waals surface area contributed by atoms with Crippen molar-refractivity contribution in [2.24, 2.45) is 4.99 Å². The summed E-state index contributed by atoms with van der Waals surface area (Å²) in [5, 5.41) is 2.65. The van der Waals surface area contributed by atoms with Gasteiger partial charge in [0.25, 0.3) is 6.43 Å². The van der Waals surface area contributed by atoms with Crippen molar-refractivity contribution in [3.63, 3.8) is 0 Å². The number of nitrogens with zero attached hydrogens (tertiary/aromatic N) is 2. The average Bonchev–Trinajstić information content (AvgIpc) is 2.36. The zero-order chi connectivity index (χ0) is 9.14. The third kappa shape index (κ3) is 2.06. The molecule has 1 atom stereocenters.